The average molecular weight is 380 g/mol. The molecule has 28 heavy (non-hydrogen) atoms. The number of benzene rings is 2. The average Bonchev–Trinajstić information content (AvgIpc) is 3.07. The van der Waals surface area contributed by atoms with Crippen LogP contribution in [0.1, 0.15) is 39.9 Å². The number of aryl methyl sites for hydroxylation is 2. The molecule has 0 radical (unpaired) electrons. The molecule has 6 heteroatoms. The molecule has 0 unspecified atom stereocenters. The van der Waals surface area contributed by atoms with E-state index in [9.17, 15) is 14.4 Å². The number of hydrogen-bond donors (Lipinski definition) is 1. The highest BCUT2D eigenvalue weighted by molar-refractivity contribution is 5.95. The van der Waals surface area contributed by atoms with Crippen LogP contribution < -0.4 is 5.32 Å². The van der Waals surface area contributed by atoms with Crippen LogP contribution in [-0.4, -0.2) is 35.8 Å². The Morgan fingerprint density at radius 1 is 1.11 bits per heavy atom. The molecule has 6 nitrogen and oxygen atoms in total. The van der Waals surface area contributed by atoms with Crippen molar-refractivity contribution in [3.63, 3.8) is 0 Å². The number of hydrogen-bond acceptors (Lipinski definition) is 4. The molecule has 1 heterocycles. The second-order valence-electron chi connectivity index (χ2n) is 7.06. The Kier molecular flexibility index (Phi) is 6.09. The van der Waals surface area contributed by atoms with Crippen molar-refractivity contribution in [2.45, 2.75) is 33.2 Å². The fraction of sp³-hybridized carbons (Fsp3) is 0.318. The molecule has 146 valence electrons. The van der Waals surface area contributed by atoms with Gasteiger partial charge in [-0.3, -0.25) is 9.59 Å². The lowest BCUT2D eigenvalue weighted by Gasteiger charge is -2.15. The molecule has 1 saturated heterocycles. The first-order chi connectivity index (χ1) is 13.4. The summed E-state index contributed by atoms with van der Waals surface area (Å²) >= 11 is 0. The van der Waals surface area contributed by atoms with Crippen LogP contribution in [0, 0.1) is 13.8 Å². The van der Waals surface area contributed by atoms with Gasteiger partial charge in [0.1, 0.15) is 0 Å². The second kappa shape index (κ2) is 8.69. The van der Waals surface area contributed by atoms with Crippen molar-refractivity contribution in [3.8, 4) is 0 Å². The van der Waals surface area contributed by atoms with E-state index < -0.39 is 5.97 Å². The summed E-state index contributed by atoms with van der Waals surface area (Å²) < 4.78 is 5.10. The number of nitrogens with zero attached hydrogens (tertiary/aromatic N) is 1. The van der Waals surface area contributed by atoms with Gasteiger partial charge in [0.15, 0.2) is 6.61 Å². The molecule has 2 amide bonds. The van der Waals surface area contributed by atoms with Crippen LogP contribution in [-0.2, 0) is 20.9 Å². The minimum Gasteiger partial charge on any atom is -0.452 e. The number of amides is 2. The Morgan fingerprint density at radius 2 is 1.86 bits per heavy atom. The normalized spacial score (nSPS) is 13.5. The molecule has 0 atom stereocenters. The van der Waals surface area contributed by atoms with E-state index in [1.807, 2.05) is 36.9 Å². The lowest BCUT2D eigenvalue weighted by molar-refractivity contribution is -0.128. The summed E-state index contributed by atoms with van der Waals surface area (Å²) in [4.78, 5) is 37.7. The van der Waals surface area contributed by atoms with Gasteiger partial charge in [-0.25, -0.2) is 4.79 Å². The molecule has 1 fully saturated rings. The van der Waals surface area contributed by atoms with Gasteiger partial charge in [-0.1, -0.05) is 29.8 Å². The molecule has 0 aliphatic carbocycles. The number of rotatable bonds is 6. The summed E-state index contributed by atoms with van der Waals surface area (Å²) in [7, 11) is 0. The maximum atomic E-state index is 12.2. The Morgan fingerprint density at radius 3 is 2.50 bits per heavy atom. The van der Waals surface area contributed by atoms with Gasteiger partial charge in [-0.15, -0.1) is 0 Å². The van der Waals surface area contributed by atoms with Gasteiger partial charge >= 0.3 is 5.97 Å². The van der Waals surface area contributed by atoms with Crippen LogP contribution in [0.2, 0.25) is 0 Å². The Labute approximate surface area is 164 Å². The number of carbonyl (C=O) groups is 3. The molecule has 2 aromatic rings. The highest BCUT2D eigenvalue weighted by atomic mass is 16.5. The number of nitrogens with one attached hydrogen (secondary N) is 1. The van der Waals surface area contributed by atoms with Gasteiger partial charge in [-0.2, -0.15) is 0 Å². The molecule has 0 bridgehead atoms. The lowest BCUT2D eigenvalue weighted by atomic mass is 10.1. The highest BCUT2D eigenvalue weighted by Gasteiger charge is 2.20. The van der Waals surface area contributed by atoms with Crippen LogP contribution in [0.15, 0.2) is 42.5 Å². The molecule has 1 N–H and O–H groups in total. The third kappa shape index (κ3) is 4.97. The van der Waals surface area contributed by atoms with Gasteiger partial charge in [0, 0.05) is 25.2 Å². The Balaban J connectivity index is 1.50. The first kappa shape index (κ1) is 19.6. The minimum absolute atomic E-state index is 0.165. The SMILES string of the molecule is Cc1ccc(NC(=O)COC(=O)c2ccc(CN3CCCC3=O)cc2)c(C)c1. The minimum atomic E-state index is -0.556. The summed E-state index contributed by atoms with van der Waals surface area (Å²) in [5.41, 5.74) is 4.09. The van der Waals surface area contributed by atoms with Gasteiger partial charge in [0.25, 0.3) is 5.91 Å². The zero-order valence-electron chi connectivity index (χ0n) is 16.2. The van der Waals surface area contributed by atoms with Gasteiger partial charge in [0.2, 0.25) is 5.91 Å². The molecule has 2 aromatic carbocycles. The van der Waals surface area contributed by atoms with Crippen molar-refractivity contribution in [2.75, 3.05) is 18.5 Å². The number of carbonyl (C=O) groups excluding carboxylic acids is 3. The van der Waals surface area contributed by atoms with Crippen LogP contribution in [0.25, 0.3) is 0 Å². The van der Waals surface area contributed by atoms with E-state index in [1.54, 1.807) is 24.3 Å². The maximum absolute atomic E-state index is 12.2. The van der Waals surface area contributed by atoms with Crippen LogP contribution >= 0.6 is 0 Å². The third-order valence-electron chi connectivity index (χ3n) is 4.72. The van der Waals surface area contributed by atoms with Crippen molar-refractivity contribution >= 4 is 23.5 Å². The van der Waals surface area contributed by atoms with Crippen LogP contribution in [0.4, 0.5) is 5.69 Å². The van der Waals surface area contributed by atoms with E-state index in [4.69, 9.17) is 4.74 Å². The highest BCUT2D eigenvalue weighted by Crippen LogP contribution is 2.17. The van der Waals surface area contributed by atoms with E-state index in [0.29, 0.717) is 24.2 Å². The second-order valence-corrected chi connectivity index (χ2v) is 7.06. The predicted octanol–water partition coefficient (Wildman–Crippen LogP) is 3.22. The van der Waals surface area contributed by atoms with E-state index in [0.717, 1.165) is 29.7 Å². The quantitative estimate of drug-likeness (QED) is 0.781. The van der Waals surface area contributed by atoms with Crippen molar-refractivity contribution in [3.05, 3.63) is 64.7 Å². The summed E-state index contributed by atoms with van der Waals surface area (Å²) in [6.07, 6.45) is 1.50. The fourth-order valence-electron chi connectivity index (χ4n) is 3.19. The van der Waals surface area contributed by atoms with Crippen LogP contribution in [0.3, 0.4) is 0 Å². The monoisotopic (exact) mass is 380 g/mol. The van der Waals surface area contributed by atoms with E-state index in [-0.39, 0.29) is 18.4 Å². The maximum Gasteiger partial charge on any atom is 0.338 e. The summed E-state index contributed by atoms with van der Waals surface area (Å²) in [5, 5.41) is 2.74. The summed E-state index contributed by atoms with van der Waals surface area (Å²) in [5.74, 6) is -0.776. The molecule has 0 aromatic heterocycles. The zero-order valence-corrected chi connectivity index (χ0v) is 16.2. The topological polar surface area (TPSA) is 75.7 Å². The molecule has 1 aliphatic rings. The number of anilines is 1. The Hall–Kier alpha value is -3.15. The number of esters is 1. The van der Waals surface area contributed by atoms with Gasteiger partial charge < -0.3 is 15.0 Å². The summed E-state index contributed by atoms with van der Waals surface area (Å²) in [6.45, 7) is 4.86. The van der Waals surface area contributed by atoms with Crippen molar-refractivity contribution in [2.24, 2.45) is 0 Å². The third-order valence-corrected chi connectivity index (χ3v) is 4.72. The van der Waals surface area contributed by atoms with Crippen molar-refractivity contribution in [1.82, 2.24) is 4.90 Å². The predicted molar refractivity (Wildman–Crippen MR) is 106 cm³/mol. The molecule has 0 spiro atoms. The first-order valence-corrected chi connectivity index (χ1v) is 9.33. The molecule has 1 aliphatic heterocycles. The first-order valence-electron chi connectivity index (χ1n) is 9.33. The van der Waals surface area contributed by atoms with E-state index in [2.05, 4.69) is 5.32 Å². The Bertz CT molecular complexity index is 890. The summed E-state index contributed by atoms with van der Waals surface area (Å²) in [6, 6.07) is 12.6. The zero-order chi connectivity index (χ0) is 20.1. The van der Waals surface area contributed by atoms with Gasteiger partial charge in [0.05, 0.1) is 5.56 Å². The standard InChI is InChI=1S/C22H24N2O4/c1-15-5-10-19(16(2)12-15)23-20(25)14-28-22(27)18-8-6-17(7-9-18)13-24-11-3-4-21(24)26/h5-10,12H,3-4,11,13-14H2,1-2H3,(H,23,25). The van der Waals surface area contributed by atoms with Crippen molar-refractivity contribution in [1.29, 1.82) is 0 Å². The van der Waals surface area contributed by atoms with Crippen molar-refractivity contribution < 1.29 is 19.1 Å². The lowest BCUT2D eigenvalue weighted by Crippen LogP contribution is -2.24. The smallest absolute Gasteiger partial charge is 0.338 e. The number of ether oxygens (including phenoxy) is 1. The fourth-order valence-corrected chi connectivity index (χ4v) is 3.19. The van der Waals surface area contributed by atoms with Crippen LogP contribution in [0.5, 0.6) is 0 Å². The number of likely N-dealkylation sites (tertiary alicyclic amines) is 1. The van der Waals surface area contributed by atoms with E-state index in [1.165, 1.54) is 0 Å². The molecule has 0 saturated carbocycles. The van der Waals surface area contributed by atoms with Gasteiger partial charge in [-0.05, 0) is 49.6 Å². The molecular formula is C22H24N2O4. The molecule has 3 rings (SSSR count). The largest absolute Gasteiger partial charge is 0.452 e. The van der Waals surface area contributed by atoms with E-state index >= 15 is 0 Å². The molecular weight excluding hydrogens is 356 g/mol.